The topological polar surface area (TPSA) is 35.2 Å². The van der Waals surface area contributed by atoms with Crippen molar-refractivity contribution in [3.05, 3.63) is 35.6 Å². The number of halogens is 1. The van der Waals surface area contributed by atoms with Crippen molar-refractivity contribution in [2.75, 3.05) is 13.2 Å². The van der Waals surface area contributed by atoms with Crippen molar-refractivity contribution in [2.24, 2.45) is 5.73 Å². The van der Waals surface area contributed by atoms with Crippen LogP contribution in [0.3, 0.4) is 0 Å². The maximum Gasteiger partial charge on any atom is 0.191 e. The van der Waals surface area contributed by atoms with Crippen LogP contribution in [-0.2, 0) is 4.74 Å². The van der Waals surface area contributed by atoms with E-state index >= 15 is 0 Å². The highest BCUT2D eigenvalue weighted by atomic mass is 32.1. The number of thiocarbonyl (C=S) groups is 1. The van der Waals surface area contributed by atoms with E-state index in [1.807, 2.05) is 0 Å². The van der Waals surface area contributed by atoms with Crippen molar-refractivity contribution in [1.29, 1.82) is 0 Å². The van der Waals surface area contributed by atoms with E-state index in [1.54, 1.807) is 12.1 Å². The van der Waals surface area contributed by atoms with Crippen molar-refractivity contribution in [3.8, 4) is 0 Å². The zero-order valence-electron chi connectivity index (χ0n) is 7.00. The Balaban J connectivity index is 2.61. The number of benzene rings is 1. The van der Waals surface area contributed by atoms with Crippen LogP contribution < -0.4 is 5.73 Å². The Morgan fingerprint density at radius 1 is 1.38 bits per heavy atom. The quantitative estimate of drug-likeness (QED) is 0.749. The lowest BCUT2D eigenvalue weighted by molar-refractivity contribution is 0.325. The SMILES string of the molecule is NCCOC(=S)c1ccc(F)cc1. The number of nitrogens with two attached hydrogens (primary N) is 1. The molecule has 1 aromatic carbocycles. The molecule has 0 spiro atoms. The van der Waals surface area contributed by atoms with Crippen molar-refractivity contribution >= 4 is 17.3 Å². The van der Waals surface area contributed by atoms with Crippen molar-refractivity contribution in [1.82, 2.24) is 0 Å². The van der Waals surface area contributed by atoms with Gasteiger partial charge in [-0.3, -0.25) is 0 Å². The van der Waals surface area contributed by atoms with Gasteiger partial charge in [-0.2, -0.15) is 0 Å². The maximum atomic E-state index is 12.5. The summed E-state index contributed by atoms with van der Waals surface area (Å²) in [4.78, 5) is 0. The molecule has 13 heavy (non-hydrogen) atoms. The first kappa shape index (κ1) is 10.1. The molecule has 1 aromatic rings. The second-order valence-electron chi connectivity index (χ2n) is 2.43. The fourth-order valence-corrected chi connectivity index (χ4v) is 1.04. The number of hydrogen-bond acceptors (Lipinski definition) is 3. The molecule has 0 heterocycles. The van der Waals surface area contributed by atoms with Crippen molar-refractivity contribution < 1.29 is 9.13 Å². The molecule has 0 bridgehead atoms. The Morgan fingerprint density at radius 3 is 2.54 bits per heavy atom. The highest BCUT2D eigenvalue weighted by Crippen LogP contribution is 2.05. The fourth-order valence-electron chi connectivity index (χ4n) is 0.821. The van der Waals surface area contributed by atoms with Crippen LogP contribution in [-0.4, -0.2) is 18.2 Å². The van der Waals surface area contributed by atoms with Gasteiger partial charge < -0.3 is 10.5 Å². The van der Waals surface area contributed by atoms with Crippen molar-refractivity contribution in [3.63, 3.8) is 0 Å². The smallest absolute Gasteiger partial charge is 0.191 e. The van der Waals surface area contributed by atoms with Gasteiger partial charge in [-0.1, -0.05) is 0 Å². The first-order valence-corrected chi connectivity index (χ1v) is 4.27. The largest absolute Gasteiger partial charge is 0.482 e. The van der Waals surface area contributed by atoms with Crippen LogP contribution in [0.4, 0.5) is 4.39 Å². The van der Waals surface area contributed by atoms with Crippen LogP contribution in [0, 0.1) is 5.82 Å². The number of ether oxygens (including phenoxy) is 1. The minimum Gasteiger partial charge on any atom is -0.482 e. The summed E-state index contributed by atoms with van der Waals surface area (Å²) in [7, 11) is 0. The van der Waals surface area contributed by atoms with Gasteiger partial charge in [0.05, 0.1) is 0 Å². The van der Waals surface area contributed by atoms with E-state index in [0.29, 0.717) is 23.8 Å². The Morgan fingerprint density at radius 2 is 2.00 bits per heavy atom. The Kier molecular flexibility index (Phi) is 3.79. The zero-order chi connectivity index (χ0) is 9.68. The average molecular weight is 199 g/mol. The summed E-state index contributed by atoms with van der Waals surface area (Å²) < 4.78 is 17.6. The molecule has 0 radical (unpaired) electrons. The summed E-state index contributed by atoms with van der Waals surface area (Å²) >= 11 is 4.93. The molecule has 70 valence electrons. The third kappa shape index (κ3) is 3.08. The molecule has 0 saturated heterocycles. The second-order valence-corrected chi connectivity index (χ2v) is 2.80. The van der Waals surface area contributed by atoms with E-state index in [0.717, 1.165) is 0 Å². The fraction of sp³-hybridized carbons (Fsp3) is 0.222. The molecule has 2 N–H and O–H groups in total. The summed E-state index contributed by atoms with van der Waals surface area (Å²) in [6.07, 6.45) is 0. The molecule has 0 unspecified atom stereocenters. The van der Waals surface area contributed by atoms with Gasteiger partial charge in [0.2, 0.25) is 0 Å². The maximum absolute atomic E-state index is 12.5. The monoisotopic (exact) mass is 199 g/mol. The van der Waals surface area contributed by atoms with Gasteiger partial charge in [0, 0.05) is 12.1 Å². The predicted octanol–water partition coefficient (Wildman–Crippen LogP) is 1.48. The van der Waals surface area contributed by atoms with Gasteiger partial charge in [-0.15, -0.1) is 0 Å². The Bertz CT molecular complexity index is 286. The number of rotatable bonds is 3. The minimum absolute atomic E-state index is 0.287. The highest BCUT2D eigenvalue weighted by molar-refractivity contribution is 7.80. The van der Waals surface area contributed by atoms with Gasteiger partial charge in [-0.25, -0.2) is 4.39 Å². The molecule has 0 saturated carbocycles. The minimum atomic E-state index is -0.287. The second kappa shape index (κ2) is 4.89. The van der Waals surface area contributed by atoms with E-state index in [-0.39, 0.29) is 5.82 Å². The first-order valence-electron chi connectivity index (χ1n) is 3.87. The number of hydrogen-bond donors (Lipinski definition) is 1. The molecule has 1 rings (SSSR count). The van der Waals surface area contributed by atoms with Gasteiger partial charge in [-0.05, 0) is 36.5 Å². The lowest BCUT2D eigenvalue weighted by Crippen LogP contribution is -2.12. The standard InChI is InChI=1S/C9H10FNOS/c10-8-3-1-7(2-4-8)9(13)12-6-5-11/h1-4H,5-6,11H2. The molecule has 0 amide bonds. The van der Waals surface area contributed by atoms with Gasteiger partial charge in [0.15, 0.2) is 5.05 Å². The molecule has 4 heteroatoms. The van der Waals surface area contributed by atoms with Crippen LogP contribution in [0.25, 0.3) is 0 Å². The van der Waals surface area contributed by atoms with Crippen LogP contribution in [0.5, 0.6) is 0 Å². The lowest BCUT2D eigenvalue weighted by Gasteiger charge is -2.05. The van der Waals surface area contributed by atoms with E-state index in [2.05, 4.69) is 0 Å². The molecular weight excluding hydrogens is 189 g/mol. The predicted molar refractivity (Wildman–Crippen MR) is 53.1 cm³/mol. The van der Waals surface area contributed by atoms with Crippen LogP contribution in [0.15, 0.2) is 24.3 Å². The van der Waals surface area contributed by atoms with Gasteiger partial charge in [0.1, 0.15) is 12.4 Å². The molecule has 0 atom stereocenters. The lowest BCUT2D eigenvalue weighted by atomic mass is 10.2. The Labute approximate surface area is 81.5 Å². The Hall–Kier alpha value is -1.00. The van der Waals surface area contributed by atoms with Gasteiger partial charge in [0.25, 0.3) is 0 Å². The zero-order valence-corrected chi connectivity index (χ0v) is 7.81. The van der Waals surface area contributed by atoms with Crippen LogP contribution in [0.2, 0.25) is 0 Å². The van der Waals surface area contributed by atoms with Crippen molar-refractivity contribution in [2.45, 2.75) is 0 Å². The molecule has 2 nitrogen and oxygen atoms in total. The molecule has 0 aromatic heterocycles. The van der Waals surface area contributed by atoms with E-state index in [9.17, 15) is 4.39 Å². The molecular formula is C9H10FNOS. The summed E-state index contributed by atoms with van der Waals surface area (Å²) in [5.41, 5.74) is 5.93. The molecule has 0 aliphatic rings. The van der Waals surface area contributed by atoms with Crippen LogP contribution >= 0.6 is 12.2 Å². The summed E-state index contributed by atoms with van der Waals surface area (Å²) in [6.45, 7) is 0.803. The third-order valence-corrected chi connectivity index (χ3v) is 1.78. The summed E-state index contributed by atoms with van der Waals surface area (Å²) in [5.74, 6) is -0.287. The summed E-state index contributed by atoms with van der Waals surface area (Å²) in [5, 5.41) is 0.352. The normalized spacial score (nSPS) is 9.69. The van der Waals surface area contributed by atoms with E-state index in [1.165, 1.54) is 12.1 Å². The molecule has 0 fully saturated rings. The molecule has 0 aliphatic carbocycles. The summed E-state index contributed by atoms with van der Waals surface area (Å²) in [6, 6.07) is 5.84. The van der Waals surface area contributed by atoms with Crippen LogP contribution in [0.1, 0.15) is 5.56 Å². The third-order valence-electron chi connectivity index (χ3n) is 1.43. The highest BCUT2D eigenvalue weighted by Gasteiger charge is 2.00. The first-order chi connectivity index (χ1) is 6.24. The van der Waals surface area contributed by atoms with Gasteiger partial charge >= 0.3 is 0 Å². The molecule has 0 aliphatic heterocycles. The average Bonchev–Trinajstić information content (AvgIpc) is 2.15. The van der Waals surface area contributed by atoms with E-state index in [4.69, 9.17) is 22.7 Å². The van der Waals surface area contributed by atoms with E-state index < -0.39 is 0 Å².